The lowest BCUT2D eigenvalue weighted by Crippen LogP contribution is -2.29. The number of nitrogens with two attached hydrogens (primary N) is 1. The van der Waals surface area contributed by atoms with E-state index in [-0.39, 0.29) is 34.0 Å². The van der Waals surface area contributed by atoms with Crippen molar-refractivity contribution in [2.24, 2.45) is 5.73 Å². The predicted molar refractivity (Wildman–Crippen MR) is 101 cm³/mol. The van der Waals surface area contributed by atoms with Gasteiger partial charge in [0.2, 0.25) is 0 Å². The Morgan fingerprint density at radius 3 is 2.55 bits per heavy atom. The third-order valence-corrected chi connectivity index (χ3v) is 4.38. The van der Waals surface area contributed by atoms with Crippen LogP contribution in [0.1, 0.15) is 30.1 Å². The minimum absolute atomic E-state index is 0. The fourth-order valence-electron chi connectivity index (χ4n) is 3.13. The van der Waals surface area contributed by atoms with E-state index in [4.69, 9.17) is 14.9 Å². The Morgan fingerprint density at radius 2 is 1.95 bits per heavy atom. The van der Waals surface area contributed by atoms with Gasteiger partial charge in [-0.1, -0.05) is 6.07 Å². The summed E-state index contributed by atoms with van der Waals surface area (Å²) in [6.45, 7) is 2.75. The van der Waals surface area contributed by atoms with Crippen LogP contribution in [-0.4, -0.2) is 32.1 Å². The molecule has 3 rings (SSSR count). The molecule has 0 aliphatic carbocycles. The molecule has 1 aliphatic rings. The van der Waals surface area contributed by atoms with Gasteiger partial charge in [-0.3, -0.25) is 0 Å². The van der Waals surface area contributed by atoms with Gasteiger partial charge in [-0.05, 0) is 44.6 Å². The van der Waals surface area contributed by atoms with Gasteiger partial charge in [0.15, 0.2) is 0 Å². The molecule has 0 amide bonds. The van der Waals surface area contributed by atoms with Crippen LogP contribution in [-0.2, 0) is 6.54 Å². The Kier molecular flexibility index (Phi) is 7.38. The lowest BCUT2D eigenvalue weighted by atomic mass is 9.91. The average molecular weight is 436 g/mol. The Labute approximate surface area is 152 Å². The quantitative estimate of drug-likeness (QED) is 0.794. The summed E-state index contributed by atoms with van der Waals surface area (Å²) in [6, 6.07) is 4.02. The van der Waals surface area contributed by atoms with Gasteiger partial charge < -0.3 is 19.8 Å². The molecule has 1 aromatic carbocycles. The zero-order valence-electron chi connectivity index (χ0n) is 13.0. The van der Waals surface area contributed by atoms with E-state index >= 15 is 0 Å². The average Bonchev–Trinajstić information content (AvgIpc) is 2.92. The molecule has 1 fully saturated rings. The highest BCUT2D eigenvalue weighted by Crippen LogP contribution is 2.39. The first-order chi connectivity index (χ1) is 9.74. The van der Waals surface area contributed by atoms with Crippen molar-refractivity contribution in [2.75, 3.05) is 27.2 Å². The number of likely N-dealkylation sites (tertiary alicyclic amines) is 1. The van der Waals surface area contributed by atoms with Crippen LogP contribution in [0.2, 0.25) is 0 Å². The molecule has 0 spiro atoms. The number of methoxy groups -OCH3 is 1. The number of halogens is 2. The summed E-state index contributed by atoms with van der Waals surface area (Å²) >= 11 is 0. The first-order valence-corrected chi connectivity index (χ1v) is 7.20. The highest BCUT2D eigenvalue weighted by molar-refractivity contribution is 8.93. The van der Waals surface area contributed by atoms with E-state index in [0.717, 1.165) is 53.8 Å². The predicted octanol–water partition coefficient (Wildman–Crippen LogP) is 3.87. The van der Waals surface area contributed by atoms with Crippen LogP contribution in [0.25, 0.3) is 10.8 Å². The molecular formula is C16H24Br2N2O2. The number of fused-ring (bicyclic) bond motifs is 1. The molecule has 1 aliphatic heterocycles. The van der Waals surface area contributed by atoms with Crippen molar-refractivity contribution in [3.05, 3.63) is 29.7 Å². The van der Waals surface area contributed by atoms with Crippen molar-refractivity contribution in [3.63, 3.8) is 0 Å². The van der Waals surface area contributed by atoms with E-state index in [9.17, 15) is 0 Å². The molecule has 2 N–H and O–H groups in total. The van der Waals surface area contributed by atoms with E-state index in [1.807, 2.05) is 18.4 Å². The Hall–Kier alpha value is -0.560. The standard InChI is InChI=1S/C16H22N2O2.2BrH/c1-18-7-5-11(6-8-18)16-15-13(10-20-16)12(9-17)3-4-14(15)19-2;;/h3-4,10-11H,5-9,17H2,1-2H3;2*1H. The molecule has 2 heterocycles. The van der Waals surface area contributed by atoms with Gasteiger partial charge in [0.25, 0.3) is 0 Å². The molecule has 1 aromatic heterocycles. The first kappa shape index (κ1) is 19.5. The van der Waals surface area contributed by atoms with E-state index in [0.29, 0.717) is 12.5 Å². The number of hydrogen-bond acceptors (Lipinski definition) is 4. The fraction of sp³-hybridized carbons (Fsp3) is 0.500. The monoisotopic (exact) mass is 434 g/mol. The number of hydrogen-bond donors (Lipinski definition) is 1. The molecule has 2 aromatic rings. The molecule has 0 unspecified atom stereocenters. The molecule has 22 heavy (non-hydrogen) atoms. The normalized spacial score (nSPS) is 16.1. The van der Waals surface area contributed by atoms with Crippen LogP contribution < -0.4 is 10.5 Å². The largest absolute Gasteiger partial charge is 0.496 e. The third-order valence-electron chi connectivity index (χ3n) is 4.38. The second-order valence-electron chi connectivity index (χ2n) is 5.60. The topological polar surface area (TPSA) is 51.6 Å². The van der Waals surface area contributed by atoms with Gasteiger partial charge in [-0.2, -0.15) is 0 Å². The maximum Gasteiger partial charge on any atom is 0.130 e. The van der Waals surface area contributed by atoms with Crippen molar-refractivity contribution < 1.29 is 9.15 Å². The van der Waals surface area contributed by atoms with Gasteiger partial charge in [0.1, 0.15) is 11.5 Å². The van der Waals surface area contributed by atoms with E-state index in [1.165, 1.54) is 0 Å². The maximum atomic E-state index is 5.92. The molecule has 124 valence electrons. The maximum absolute atomic E-state index is 5.92. The number of rotatable bonds is 3. The van der Waals surface area contributed by atoms with Crippen LogP contribution in [0.3, 0.4) is 0 Å². The van der Waals surface area contributed by atoms with Gasteiger partial charge in [0, 0.05) is 17.8 Å². The smallest absolute Gasteiger partial charge is 0.130 e. The highest BCUT2D eigenvalue weighted by atomic mass is 79.9. The van der Waals surface area contributed by atoms with Crippen LogP contribution >= 0.6 is 34.0 Å². The Bertz CT molecular complexity index is 607. The van der Waals surface area contributed by atoms with Crippen LogP contribution in [0.15, 0.2) is 22.8 Å². The minimum atomic E-state index is 0. The molecular weight excluding hydrogens is 412 g/mol. The van der Waals surface area contributed by atoms with Crippen LogP contribution in [0.4, 0.5) is 0 Å². The lowest BCUT2D eigenvalue weighted by Gasteiger charge is -2.28. The number of ether oxygens (including phenoxy) is 1. The molecule has 0 bridgehead atoms. The first-order valence-electron chi connectivity index (χ1n) is 7.20. The van der Waals surface area contributed by atoms with Gasteiger partial charge in [0.05, 0.1) is 18.8 Å². The van der Waals surface area contributed by atoms with Gasteiger partial charge in [-0.15, -0.1) is 34.0 Å². The molecule has 0 saturated carbocycles. The highest BCUT2D eigenvalue weighted by Gasteiger charge is 2.25. The Balaban J connectivity index is 0.00000121. The summed E-state index contributed by atoms with van der Waals surface area (Å²) in [5.41, 5.74) is 6.94. The summed E-state index contributed by atoms with van der Waals surface area (Å²) < 4.78 is 11.4. The third kappa shape index (κ3) is 3.50. The fourth-order valence-corrected chi connectivity index (χ4v) is 3.13. The second kappa shape index (κ2) is 8.34. The molecule has 0 radical (unpaired) electrons. The summed E-state index contributed by atoms with van der Waals surface area (Å²) in [7, 11) is 3.88. The van der Waals surface area contributed by atoms with Crippen LogP contribution in [0.5, 0.6) is 5.75 Å². The number of benzene rings is 1. The molecule has 0 atom stereocenters. The van der Waals surface area contributed by atoms with Crippen molar-refractivity contribution in [2.45, 2.75) is 25.3 Å². The van der Waals surface area contributed by atoms with E-state index in [2.05, 4.69) is 11.9 Å². The van der Waals surface area contributed by atoms with E-state index in [1.54, 1.807) is 7.11 Å². The van der Waals surface area contributed by atoms with Crippen molar-refractivity contribution >= 4 is 44.7 Å². The SMILES string of the molecule is Br.Br.COc1ccc(CN)c2coc(C3CCN(C)CC3)c12. The lowest BCUT2D eigenvalue weighted by molar-refractivity contribution is 0.241. The van der Waals surface area contributed by atoms with Gasteiger partial charge >= 0.3 is 0 Å². The second-order valence-corrected chi connectivity index (χ2v) is 5.60. The zero-order chi connectivity index (χ0) is 14.1. The summed E-state index contributed by atoms with van der Waals surface area (Å²) in [4.78, 5) is 2.37. The number of furan rings is 1. The number of piperidine rings is 1. The summed E-state index contributed by atoms with van der Waals surface area (Å²) in [5.74, 6) is 2.44. The van der Waals surface area contributed by atoms with Crippen molar-refractivity contribution in [3.8, 4) is 5.75 Å². The van der Waals surface area contributed by atoms with Crippen molar-refractivity contribution in [1.82, 2.24) is 4.90 Å². The van der Waals surface area contributed by atoms with E-state index < -0.39 is 0 Å². The molecule has 4 nitrogen and oxygen atoms in total. The molecule has 1 saturated heterocycles. The molecule has 6 heteroatoms. The minimum Gasteiger partial charge on any atom is -0.496 e. The summed E-state index contributed by atoms with van der Waals surface area (Å²) in [6.07, 6.45) is 4.11. The zero-order valence-corrected chi connectivity index (χ0v) is 16.4. The van der Waals surface area contributed by atoms with Gasteiger partial charge in [-0.25, -0.2) is 0 Å². The van der Waals surface area contributed by atoms with Crippen LogP contribution in [0, 0.1) is 0 Å². The van der Waals surface area contributed by atoms with Crippen molar-refractivity contribution in [1.29, 1.82) is 0 Å². The summed E-state index contributed by atoms with van der Waals surface area (Å²) in [5, 5.41) is 2.21. The number of nitrogens with zero attached hydrogens (tertiary/aromatic N) is 1. The Morgan fingerprint density at radius 1 is 1.27 bits per heavy atom.